The molecule has 10 rings (SSSR count). The fourth-order valence-electron chi connectivity index (χ4n) is 9.05. The maximum absolute atomic E-state index is 11.5. The van der Waals surface area contributed by atoms with Crippen LogP contribution in [0.25, 0.3) is 83.5 Å². The molecule has 304 valence electrons. The largest absolute Gasteiger partial charge is 0.192 e. The fourth-order valence-corrected chi connectivity index (χ4v) is 9.05. The van der Waals surface area contributed by atoms with Crippen LogP contribution in [0.1, 0.15) is 34.6 Å². The number of allylic oxidation sites excluding steroid dienone is 9. The highest BCUT2D eigenvalue weighted by molar-refractivity contribution is 5.96. The van der Waals surface area contributed by atoms with Crippen molar-refractivity contribution in [2.75, 3.05) is 0 Å². The Labute approximate surface area is 381 Å². The molecule has 1 atom stereocenters. The molecule has 1 unspecified atom stereocenters. The number of rotatable bonds is 9. The van der Waals surface area contributed by atoms with E-state index in [1.165, 1.54) is 5.56 Å². The molecule has 0 spiro atoms. The van der Waals surface area contributed by atoms with Crippen molar-refractivity contribution < 1.29 is 0 Å². The second kappa shape index (κ2) is 18.3. The Kier molecular flexibility index (Phi) is 11.3. The fraction of sp³-hybridized carbons (Fsp3) is 0.0317. The third kappa shape index (κ3) is 8.43. The lowest BCUT2D eigenvalue weighted by Crippen LogP contribution is -2.01. The first kappa shape index (κ1) is 40.3. The predicted octanol–water partition coefficient (Wildman–Crippen LogP) is 16.4. The molecule has 0 heterocycles. The normalized spacial score (nSPS) is 13.8. The van der Waals surface area contributed by atoms with Crippen LogP contribution in [-0.4, -0.2) is 0 Å². The number of benzene rings is 8. The molecule has 2 heteroatoms. The van der Waals surface area contributed by atoms with Crippen LogP contribution in [-0.2, 0) is 0 Å². The lowest BCUT2D eigenvalue weighted by molar-refractivity contribution is 0.854. The van der Waals surface area contributed by atoms with Gasteiger partial charge in [-0.1, -0.05) is 182 Å². The Hall–Kier alpha value is -8.78. The minimum absolute atomic E-state index is 0.169. The van der Waals surface area contributed by atoms with Crippen molar-refractivity contribution in [1.29, 1.82) is 10.5 Å². The Morgan fingerprint density at radius 1 is 0.415 bits per heavy atom. The molecule has 8 aromatic rings. The molecule has 8 aromatic carbocycles. The molecule has 0 aromatic heterocycles. The van der Waals surface area contributed by atoms with Crippen molar-refractivity contribution in [3.63, 3.8) is 0 Å². The molecule has 0 saturated heterocycles. The van der Waals surface area contributed by atoms with Crippen molar-refractivity contribution in [2.24, 2.45) is 0 Å². The minimum atomic E-state index is 0.169. The zero-order chi connectivity index (χ0) is 44.0. The van der Waals surface area contributed by atoms with Gasteiger partial charge in [0.2, 0.25) is 0 Å². The van der Waals surface area contributed by atoms with Crippen LogP contribution in [0.15, 0.2) is 242 Å². The molecular weight excluding hydrogens is 785 g/mol. The highest BCUT2D eigenvalue weighted by Crippen LogP contribution is 2.45. The van der Waals surface area contributed by atoms with E-state index in [0.29, 0.717) is 16.7 Å². The van der Waals surface area contributed by atoms with Crippen LogP contribution in [0, 0.1) is 22.7 Å². The zero-order valence-electron chi connectivity index (χ0n) is 35.7. The van der Waals surface area contributed by atoms with Gasteiger partial charge in [0.05, 0.1) is 11.1 Å². The summed E-state index contributed by atoms with van der Waals surface area (Å²) in [7, 11) is 0. The molecule has 0 bridgehead atoms. The van der Waals surface area contributed by atoms with Gasteiger partial charge in [0.25, 0.3) is 0 Å². The van der Waals surface area contributed by atoms with Gasteiger partial charge >= 0.3 is 0 Å². The average Bonchev–Trinajstić information content (AvgIpc) is 3.69. The van der Waals surface area contributed by atoms with E-state index in [2.05, 4.69) is 188 Å². The first-order chi connectivity index (χ1) is 32.1. The minimum Gasteiger partial charge on any atom is -0.192 e. The van der Waals surface area contributed by atoms with E-state index < -0.39 is 0 Å². The van der Waals surface area contributed by atoms with E-state index in [9.17, 15) is 10.5 Å². The lowest BCUT2D eigenvalue weighted by Gasteiger charge is -2.21. The smallest absolute Gasteiger partial charge is 0.100 e. The van der Waals surface area contributed by atoms with Crippen molar-refractivity contribution in [2.45, 2.75) is 12.3 Å². The molecule has 0 N–H and O–H groups in total. The third-order valence-corrected chi connectivity index (χ3v) is 12.3. The maximum atomic E-state index is 11.5. The Balaban J connectivity index is 1.26. The lowest BCUT2D eigenvalue weighted by atomic mass is 9.81. The van der Waals surface area contributed by atoms with E-state index in [0.717, 1.165) is 89.9 Å². The van der Waals surface area contributed by atoms with E-state index >= 15 is 0 Å². The topological polar surface area (TPSA) is 47.6 Å². The van der Waals surface area contributed by atoms with E-state index in [1.54, 1.807) is 0 Å². The van der Waals surface area contributed by atoms with Gasteiger partial charge in [0, 0.05) is 22.6 Å². The van der Waals surface area contributed by atoms with Crippen molar-refractivity contribution in [3.05, 3.63) is 265 Å². The highest BCUT2D eigenvalue weighted by Gasteiger charge is 2.24. The number of hydrogen-bond donors (Lipinski definition) is 0. The van der Waals surface area contributed by atoms with Crippen LogP contribution in [0.4, 0.5) is 0 Å². The average molecular weight is 827 g/mol. The van der Waals surface area contributed by atoms with Crippen LogP contribution in [0.3, 0.4) is 0 Å². The summed E-state index contributed by atoms with van der Waals surface area (Å²) in [5, 5.41) is 23.0. The Bertz CT molecular complexity index is 3380. The molecule has 65 heavy (non-hydrogen) atoms. The predicted molar refractivity (Wildman–Crippen MR) is 269 cm³/mol. The van der Waals surface area contributed by atoms with Crippen molar-refractivity contribution >= 4 is 5.57 Å². The van der Waals surface area contributed by atoms with Gasteiger partial charge in [-0.3, -0.25) is 0 Å². The van der Waals surface area contributed by atoms with Gasteiger partial charge in [0.1, 0.15) is 12.1 Å². The summed E-state index contributed by atoms with van der Waals surface area (Å²) in [5.41, 5.74) is 20.6. The van der Waals surface area contributed by atoms with Gasteiger partial charge in [-0.15, -0.1) is 5.73 Å². The van der Waals surface area contributed by atoms with Gasteiger partial charge in [-0.2, -0.15) is 10.5 Å². The maximum Gasteiger partial charge on any atom is 0.100 e. The second-order valence-corrected chi connectivity index (χ2v) is 16.4. The molecule has 2 aliphatic rings. The van der Waals surface area contributed by atoms with Crippen LogP contribution >= 0.6 is 0 Å². The standard InChI is InChI=1S/C63H42N2/c64-42-61-59(57-37-53(45-21-7-1-2-8-22-45)35-54(38-57)46-23-11-4-12-24-46)41-60(58-39-55(47-25-13-5-14-26-47)36-56(40-58)48-27-15-6-16-28-48)62(43-65)63(61)52-32-18-31-51(34-52)50-30-17-29-49(33-50)44-19-9-3-10-20-44/h1-7,9-27,29-41,48H,28H2. The van der Waals surface area contributed by atoms with E-state index in [4.69, 9.17) is 0 Å². The van der Waals surface area contributed by atoms with Gasteiger partial charge < -0.3 is 0 Å². The summed E-state index contributed by atoms with van der Waals surface area (Å²) in [6.45, 7) is 0. The molecular formula is C63H42N2. The molecule has 2 nitrogen and oxygen atoms in total. The SMILES string of the molecule is N#Cc1c(-c2cc(C3=CC=CC=C=C3)cc(-c3ccccc3)c2)cc(-c2cc(-c3ccccc3)cc(C3C=CC=CC3)c2)c(C#N)c1-c1cccc(-c2cccc(-c3ccccc3)c2)c1. The first-order valence-electron chi connectivity index (χ1n) is 22.0. The summed E-state index contributed by atoms with van der Waals surface area (Å²) in [5.74, 6) is 0.169. The number of nitriles is 2. The van der Waals surface area contributed by atoms with E-state index in [-0.39, 0.29) is 5.92 Å². The summed E-state index contributed by atoms with van der Waals surface area (Å²) < 4.78 is 0. The molecule has 0 amide bonds. The summed E-state index contributed by atoms with van der Waals surface area (Å²) in [4.78, 5) is 0. The summed E-state index contributed by atoms with van der Waals surface area (Å²) in [6.07, 6.45) is 19.6. The monoisotopic (exact) mass is 826 g/mol. The third-order valence-electron chi connectivity index (χ3n) is 12.3. The number of hydrogen-bond acceptors (Lipinski definition) is 2. The van der Waals surface area contributed by atoms with Gasteiger partial charge in [0.15, 0.2) is 0 Å². The summed E-state index contributed by atoms with van der Waals surface area (Å²) >= 11 is 0. The first-order valence-corrected chi connectivity index (χ1v) is 22.0. The zero-order valence-corrected chi connectivity index (χ0v) is 35.7. The van der Waals surface area contributed by atoms with Gasteiger partial charge in [-0.25, -0.2) is 0 Å². The number of nitrogens with zero attached hydrogens (tertiary/aromatic N) is 2. The molecule has 0 aliphatic heterocycles. The quantitative estimate of drug-likeness (QED) is 0.136. The molecule has 0 radical (unpaired) electrons. The second-order valence-electron chi connectivity index (χ2n) is 16.4. The van der Waals surface area contributed by atoms with Crippen molar-refractivity contribution in [3.8, 4) is 90.0 Å². The Morgan fingerprint density at radius 3 is 1.49 bits per heavy atom. The van der Waals surface area contributed by atoms with E-state index in [1.807, 2.05) is 66.8 Å². The van der Waals surface area contributed by atoms with Crippen LogP contribution < -0.4 is 0 Å². The van der Waals surface area contributed by atoms with Gasteiger partial charge in [-0.05, 0) is 139 Å². The van der Waals surface area contributed by atoms with Crippen LogP contribution in [0.5, 0.6) is 0 Å². The summed E-state index contributed by atoms with van der Waals surface area (Å²) in [6, 6.07) is 68.7. The molecule has 0 fully saturated rings. The molecule has 2 aliphatic carbocycles. The van der Waals surface area contributed by atoms with Crippen molar-refractivity contribution in [1.82, 2.24) is 0 Å². The highest BCUT2D eigenvalue weighted by atomic mass is 14.3. The van der Waals surface area contributed by atoms with Crippen LogP contribution in [0.2, 0.25) is 0 Å². The molecule has 0 saturated carbocycles. The Morgan fingerprint density at radius 2 is 0.892 bits per heavy atom.